The minimum Gasteiger partial charge on any atom is -0.489 e. The number of rotatable bonds is 5. The number of carbonyl (C=O) groups excluding carboxylic acids is 2. The average Bonchev–Trinajstić information content (AvgIpc) is 3.01. The lowest BCUT2D eigenvalue weighted by Crippen LogP contribution is -2.28. The molecular formula is C25H20ClNO3S. The molecule has 6 heteroatoms. The molecule has 0 aliphatic carbocycles. The average molecular weight is 450 g/mol. The second-order valence-electron chi connectivity index (χ2n) is 7.29. The number of imide groups is 1. The third kappa shape index (κ3) is 4.84. The fraction of sp³-hybridized carbons (Fsp3) is 0.120. The van der Waals surface area contributed by atoms with Crippen LogP contribution >= 0.6 is 23.4 Å². The van der Waals surface area contributed by atoms with E-state index in [0.717, 1.165) is 34.0 Å². The summed E-state index contributed by atoms with van der Waals surface area (Å²) in [7, 11) is 0. The largest absolute Gasteiger partial charge is 0.489 e. The normalized spacial score (nSPS) is 15.1. The molecule has 4 rings (SSSR count). The molecule has 4 nitrogen and oxygen atoms in total. The molecule has 0 spiro atoms. The van der Waals surface area contributed by atoms with Crippen molar-refractivity contribution >= 4 is 46.3 Å². The van der Waals surface area contributed by atoms with Gasteiger partial charge >= 0.3 is 0 Å². The summed E-state index contributed by atoms with van der Waals surface area (Å²) in [6, 6.07) is 20.6. The standard InChI is InChI=1S/C25H20ClNO3S/c1-16-6-11-22(17(2)12-16)27-24(28)23(31-25(27)29)14-19-4-3-5-21(13-19)30-15-18-7-9-20(26)10-8-18/h3-14H,15H2,1-2H3/b23-14-. The SMILES string of the molecule is Cc1ccc(N2C(=O)S/C(=C\c3cccc(OCc4ccc(Cl)cc4)c3)C2=O)c(C)c1. The first-order chi connectivity index (χ1) is 14.9. The Bertz CT molecular complexity index is 1190. The molecule has 2 amide bonds. The van der Waals surface area contributed by atoms with Gasteiger partial charge in [-0.25, -0.2) is 4.90 Å². The predicted molar refractivity (Wildman–Crippen MR) is 127 cm³/mol. The highest BCUT2D eigenvalue weighted by atomic mass is 35.5. The van der Waals surface area contributed by atoms with E-state index in [1.165, 1.54) is 4.90 Å². The number of ether oxygens (including phenoxy) is 1. The number of amides is 2. The van der Waals surface area contributed by atoms with Crippen molar-refractivity contribution in [3.63, 3.8) is 0 Å². The maximum atomic E-state index is 13.0. The molecule has 1 heterocycles. The van der Waals surface area contributed by atoms with Crippen LogP contribution in [0.3, 0.4) is 0 Å². The molecule has 3 aromatic rings. The Labute approximate surface area is 190 Å². The first-order valence-electron chi connectivity index (χ1n) is 9.73. The number of halogens is 1. The molecule has 0 saturated carbocycles. The molecule has 1 aliphatic heterocycles. The van der Waals surface area contributed by atoms with E-state index >= 15 is 0 Å². The number of carbonyl (C=O) groups is 2. The van der Waals surface area contributed by atoms with Crippen LogP contribution in [0.15, 0.2) is 71.6 Å². The van der Waals surface area contributed by atoms with Gasteiger partial charge in [0, 0.05) is 5.02 Å². The molecule has 1 fully saturated rings. The smallest absolute Gasteiger partial charge is 0.298 e. The van der Waals surface area contributed by atoms with Gasteiger partial charge in [-0.3, -0.25) is 9.59 Å². The predicted octanol–water partition coefficient (Wildman–Crippen LogP) is 6.78. The van der Waals surface area contributed by atoms with Crippen molar-refractivity contribution in [1.29, 1.82) is 0 Å². The molecule has 1 saturated heterocycles. The van der Waals surface area contributed by atoms with Gasteiger partial charge in [0.05, 0.1) is 10.6 Å². The van der Waals surface area contributed by atoms with Crippen molar-refractivity contribution in [3.8, 4) is 5.75 Å². The second kappa shape index (κ2) is 9.00. The number of aryl methyl sites for hydroxylation is 2. The fourth-order valence-corrected chi connectivity index (χ4v) is 4.28. The number of anilines is 1. The van der Waals surface area contributed by atoms with Crippen LogP contribution in [-0.2, 0) is 11.4 Å². The number of nitrogens with zero attached hydrogens (tertiary/aromatic N) is 1. The summed E-state index contributed by atoms with van der Waals surface area (Å²) in [5.41, 5.74) is 4.39. The van der Waals surface area contributed by atoms with Gasteiger partial charge in [-0.2, -0.15) is 0 Å². The Morgan fingerprint density at radius 1 is 1.00 bits per heavy atom. The molecule has 0 N–H and O–H groups in total. The van der Waals surface area contributed by atoms with Crippen LogP contribution in [0.2, 0.25) is 5.02 Å². The van der Waals surface area contributed by atoms with Crippen LogP contribution in [-0.4, -0.2) is 11.1 Å². The summed E-state index contributed by atoms with van der Waals surface area (Å²) in [4.78, 5) is 27.2. The Morgan fingerprint density at radius 3 is 2.52 bits per heavy atom. The monoisotopic (exact) mass is 449 g/mol. The zero-order chi connectivity index (χ0) is 22.0. The van der Waals surface area contributed by atoms with E-state index in [9.17, 15) is 9.59 Å². The summed E-state index contributed by atoms with van der Waals surface area (Å²) >= 11 is 6.86. The van der Waals surface area contributed by atoms with Gasteiger partial charge in [0.25, 0.3) is 11.1 Å². The van der Waals surface area contributed by atoms with Crippen LogP contribution in [0.5, 0.6) is 5.75 Å². The summed E-state index contributed by atoms with van der Waals surface area (Å²) in [6.45, 7) is 4.28. The highest BCUT2D eigenvalue weighted by molar-refractivity contribution is 8.19. The number of benzene rings is 3. The highest BCUT2D eigenvalue weighted by Crippen LogP contribution is 2.37. The van der Waals surface area contributed by atoms with E-state index in [1.807, 2.05) is 80.6 Å². The summed E-state index contributed by atoms with van der Waals surface area (Å²) < 4.78 is 5.86. The van der Waals surface area contributed by atoms with Crippen LogP contribution < -0.4 is 9.64 Å². The molecule has 3 aromatic carbocycles. The molecule has 0 aromatic heterocycles. The van der Waals surface area contributed by atoms with Gasteiger partial charge in [-0.15, -0.1) is 0 Å². The first kappa shape index (κ1) is 21.2. The number of hydrogen-bond donors (Lipinski definition) is 0. The summed E-state index contributed by atoms with van der Waals surface area (Å²) in [5, 5.41) is 0.388. The van der Waals surface area contributed by atoms with Gasteiger partial charge in [0.1, 0.15) is 12.4 Å². The molecule has 31 heavy (non-hydrogen) atoms. The molecule has 0 radical (unpaired) electrons. The van der Waals surface area contributed by atoms with Crippen LogP contribution in [0, 0.1) is 13.8 Å². The van der Waals surface area contributed by atoms with Crippen molar-refractivity contribution < 1.29 is 14.3 Å². The zero-order valence-electron chi connectivity index (χ0n) is 17.1. The van der Waals surface area contributed by atoms with Crippen LogP contribution in [0.1, 0.15) is 22.3 Å². The molecule has 0 atom stereocenters. The van der Waals surface area contributed by atoms with Gasteiger partial charge in [0.2, 0.25) is 0 Å². The first-order valence-corrected chi connectivity index (χ1v) is 10.9. The Morgan fingerprint density at radius 2 is 1.77 bits per heavy atom. The number of hydrogen-bond acceptors (Lipinski definition) is 4. The summed E-state index contributed by atoms with van der Waals surface area (Å²) in [5.74, 6) is 0.367. The minimum absolute atomic E-state index is 0.293. The maximum absolute atomic E-state index is 13.0. The molecule has 0 bridgehead atoms. The fourth-order valence-electron chi connectivity index (χ4n) is 3.32. The summed E-state index contributed by atoms with van der Waals surface area (Å²) in [6.07, 6.45) is 1.73. The third-order valence-electron chi connectivity index (χ3n) is 4.86. The molecule has 156 valence electrons. The highest BCUT2D eigenvalue weighted by Gasteiger charge is 2.36. The lowest BCUT2D eigenvalue weighted by molar-refractivity contribution is -0.113. The minimum atomic E-state index is -0.311. The van der Waals surface area contributed by atoms with Crippen molar-refractivity contribution in [2.24, 2.45) is 0 Å². The quantitative estimate of drug-likeness (QED) is 0.403. The Hall–Kier alpha value is -3.02. The van der Waals surface area contributed by atoms with Crippen molar-refractivity contribution in [2.75, 3.05) is 4.90 Å². The van der Waals surface area contributed by atoms with Gasteiger partial charge < -0.3 is 4.74 Å². The lowest BCUT2D eigenvalue weighted by atomic mass is 10.1. The van der Waals surface area contributed by atoms with E-state index in [4.69, 9.17) is 16.3 Å². The second-order valence-corrected chi connectivity index (χ2v) is 8.72. The Kier molecular flexibility index (Phi) is 6.16. The third-order valence-corrected chi connectivity index (χ3v) is 5.98. The maximum Gasteiger partial charge on any atom is 0.298 e. The van der Waals surface area contributed by atoms with E-state index in [1.54, 1.807) is 6.08 Å². The van der Waals surface area contributed by atoms with E-state index in [-0.39, 0.29) is 11.1 Å². The van der Waals surface area contributed by atoms with Gasteiger partial charge in [-0.05, 0) is 78.7 Å². The van der Waals surface area contributed by atoms with Crippen molar-refractivity contribution in [1.82, 2.24) is 0 Å². The lowest BCUT2D eigenvalue weighted by Gasteiger charge is -2.15. The van der Waals surface area contributed by atoms with Crippen molar-refractivity contribution in [2.45, 2.75) is 20.5 Å². The number of thioether (sulfide) groups is 1. The van der Waals surface area contributed by atoms with E-state index in [0.29, 0.717) is 28.0 Å². The van der Waals surface area contributed by atoms with Crippen LogP contribution in [0.25, 0.3) is 6.08 Å². The topological polar surface area (TPSA) is 46.6 Å². The molecular weight excluding hydrogens is 430 g/mol. The van der Waals surface area contributed by atoms with Crippen molar-refractivity contribution in [3.05, 3.63) is 98.9 Å². The molecule has 0 unspecified atom stereocenters. The van der Waals surface area contributed by atoms with E-state index in [2.05, 4.69) is 0 Å². The van der Waals surface area contributed by atoms with Gasteiger partial charge in [0.15, 0.2) is 0 Å². The Balaban J connectivity index is 1.52. The molecule has 1 aliphatic rings. The van der Waals surface area contributed by atoms with Gasteiger partial charge in [-0.1, -0.05) is 53.6 Å². The zero-order valence-corrected chi connectivity index (χ0v) is 18.7. The van der Waals surface area contributed by atoms with E-state index < -0.39 is 0 Å². The van der Waals surface area contributed by atoms with Crippen LogP contribution in [0.4, 0.5) is 10.5 Å².